The van der Waals surface area contributed by atoms with Crippen LogP contribution in [0, 0.1) is 0 Å². The van der Waals surface area contributed by atoms with Crippen LogP contribution >= 0.6 is 0 Å². The summed E-state index contributed by atoms with van der Waals surface area (Å²) in [4.78, 5) is 29.1. The Morgan fingerprint density at radius 3 is 2.22 bits per heavy atom. The maximum Gasteiger partial charge on any atom is 1.00 e. The summed E-state index contributed by atoms with van der Waals surface area (Å²) in [6.07, 6.45) is 0.347. The number of benzene rings is 3. The second kappa shape index (κ2) is 14.4. The molecule has 12 nitrogen and oxygen atoms in total. The normalized spacial score (nSPS) is 11.2. The fourth-order valence-corrected chi connectivity index (χ4v) is 5.19. The average molecular weight is 646 g/mol. The van der Waals surface area contributed by atoms with E-state index >= 15 is 0 Å². The minimum Gasteiger partial charge on any atom is -0.716 e. The molecule has 0 amide bonds. The van der Waals surface area contributed by atoms with Gasteiger partial charge in [0.2, 0.25) is 0 Å². The van der Waals surface area contributed by atoms with E-state index < -0.39 is 22.3 Å². The fraction of sp³-hybridized carbons (Fsp3) is 0.226. The molecule has 5 aromatic rings. The zero-order valence-electron chi connectivity index (χ0n) is 25.0. The van der Waals surface area contributed by atoms with Crippen LogP contribution in [0.2, 0.25) is 0 Å². The van der Waals surface area contributed by atoms with Gasteiger partial charge in [0, 0.05) is 28.8 Å². The Bertz CT molecular complexity index is 1950. The number of rotatable bonds is 12. The van der Waals surface area contributed by atoms with E-state index in [4.69, 9.17) is 23.4 Å². The molecule has 0 radical (unpaired) electrons. The smallest absolute Gasteiger partial charge is 0.716 e. The summed E-state index contributed by atoms with van der Waals surface area (Å²) in [5, 5.41) is 0.712. The van der Waals surface area contributed by atoms with E-state index in [9.17, 15) is 22.6 Å². The van der Waals surface area contributed by atoms with Crippen LogP contribution in [0.3, 0.4) is 0 Å². The Morgan fingerprint density at radius 2 is 1.58 bits per heavy atom. The minimum absolute atomic E-state index is 0. The molecule has 0 bridgehead atoms. The first kappa shape index (κ1) is 33.9. The predicted molar refractivity (Wildman–Crippen MR) is 157 cm³/mol. The molecule has 2 aromatic heterocycles. The van der Waals surface area contributed by atoms with Gasteiger partial charge < -0.3 is 37.1 Å². The predicted octanol–water partition coefficient (Wildman–Crippen LogP) is 2.29. The topological polar surface area (TPSA) is 166 Å². The summed E-state index contributed by atoms with van der Waals surface area (Å²) >= 11 is 0. The number of carbonyl (C=O) groups is 2. The van der Waals surface area contributed by atoms with Gasteiger partial charge in [-0.1, -0.05) is 30.3 Å². The fourth-order valence-electron chi connectivity index (χ4n) is 4.85. The van der Waals surface area contributed by atoms with Crippen molar-refractivity contribution in [3.8, 4) is 17.2 Å². The number of methoxy groups -OCH3 is 1. The monoisotopic (exact) mass is 645 g/mol. The zero-order valence-corrected chi connectivity index (χ0v) is 27.8. The minimum atomic E-state index is -5.04. The van der Waals surface area contributed by atoms with Crippen LogP contribution in [-0.2, 0) is 32.9 Å². The zero-order chi connectivity index (χ0) is 31.4. The van der Waals surface area contributed by atoms with E-state index in [1.165, 1.54) is 25.3 Å². The molecule has 14 heteroatoms. The molecule has 45 heavy (non-hydrogen) atoms. The van der Waals surface area contributed by atoms with Crippen LogP contribution in [0.25, 0.3) is 21.9 Å². The first-order valence-corrected chi connectivity index (χ1v) is 14.9. The summed E-state index contributed by atoms with van der Waals surface area (Å²) in [7, 11) is -3.59. The van der Waals surface area contributed by atoms with Crippen molar-refractivity contribution in [1.82, 2.24) is 4.98 Å². The Labute approximate surface area is 280 Å². The molecule has 230 valence electrons. The van der Waals surface area contributed by atoms with Gasteiger partial charge in [-0.2, -0.15) is 0 Å². The van der Waals surface area contributed by atoms with Gasteiger partial charge in [0.1, 0.15) is 29.3 Å². The van der Waals surface area contributed by atoms with Gasteiger partial charge in [-0.3, -0.25) is 0 Å². The van der Waals surface area contributed by atoms with Crippen molar-refractivity contribution in [2.45, 2.75) is 26.9 Å². The van der Waals surface area contributed by atoms with Gasteiger partial charge in [0.25, 0.3) is 10.4 Å². The molecule has 5 rings (SSSR count). The standard InChI is InChI=1S/C31H29NO11S.Na/c1-4-39-30(33)28-20-14-19(43-44(35,36)37)11-12-22(20)32-23(28)17-41-26-15-21-24(16-25(26)38-3)42-27(29(21)31(34)40-5-2)13-18-9-7-6-8-10-18;/h6-12,14-16,32H,4-5,13,17H2,1-3H3,(H,35,36,37);/q;+1/p-1. The van der Waals surface area contributed by atoms with Crippen molar-refractivity contribution in [2.75, 3.05) is 20.3 Å². The van der Waals surface area contributed by atoms with E-state index in [1.807, 2.05) is 30.3 Å². The van der Waals surface area contributed by atoms with Gasteiger partial charge >= 0.3 is 41.5 Å². The average Bonchev–Trinajstić information content (AvgIpc) is 3.52. The van der Waals surface area contributed by atoms with Gasteiger partial charge in [-0.15, -0.1) is 0 Å². The van der Waals surface area contributed by atoms with E-state index in [2.05, 4.69) is 9.17 Å². The first-order valence-electron chi connectivity index (χ1n) is 13.6. The number of H-pyrrole nitrogens is 1. The molecular formula is C31H28NNaO11S. The third kappa shape index (κ3) is 7.63. The molecule has 2 heterocycles. The molecule has 0 fully saturated rings. The molecule has 0 saturated carbocycles. The second-order valence-electron chi connectivity index (χ2n) is 9.47. The third-order valence-corrected chi connectivity index (χ3v) is 7.03. The van der Waals surface area contributed by atoms with Crippen molar-refractivity contribution in [3.05, 3.63) is 88.8 Å². The van der Waals surface area contributed by atoms with Crippen molar-refractivity contribution in [1.29, 1.82) is 0 Å². The third-order valence-electron chi connectivity index (χ3n) is 6.63. The molecular weight excluding hydrogens is 617 g/mol. The molecule has 0 aliphatic rings. The van der Waals surface area contributed by atoms with E-state index in [1.54, 1.807) is 26.0 Å². The van der Waals surface area contributed by atoms with Crippen LogP contribution in [0.15, 0.2) is 65.1 Å². The summed E-state index contributed by atoms with van der Waals surface area (Å²) in [5.74, 6) is -0.555. The Kier molecular flexibility index (Phi) is 10.8. The Balaban J connectivity index is 0.00000461. The number of fused-ring (bicyclic) bond motifs is 2. The maximum absolute atomic E-state index is 13.1. The number of ether oxygens (including phenoxy) is 4. The largest absolute Gasteiger partial charge is 1.00 e. The number of hydrogen-bond donors (Lipinski definition) is 1. The van der Waals surface area contributed by atoms with E-state index in [-0.39, 0.29) is 77.4 Å². The van der Waals surface area contributed by atoms with Crippen LogP contribution in [0.5, 0.6) is 17.2 Å². The number of aromatic amines is 1. The van der Waals surface area contributed by atoms with Gasteiger partial charge in [-0.25, -0.2) is 18.0 Å². The van der Waals surface area contributed by atoms with Crippen LogP contribution < -0.4 is 43.2 Å². The quantitative estimate of drug-likeness (QED) is 0.0916. The number of furan rings is 1. The van der Waals surface area contributed by atoms with Crippen LogP contribution in [0.4, 0.5) is 0 Å². The van der Waals surface area contributed by atoms with Crippen molar-refractivity contribution in [2.24, 2.45) is 0 Å². The second-order valence-corrected chi connectivity index (χ2v) is 10.5. The van der Waals surface area contributed by atoms with Crippen LogP contribution in [0.1, 0.15) is 51.6 Å². The van der Waals surface area contributed by atoms with Gasteiger partial charge in [0.15, 0.2) is 11.5 Å². The Hall–Kier alpha value is -4.01. The van der Waals surface area contributed by atoms with E-state index in [0.29, 0.717) is 40.1 Å². The first-order chi connectivity index (χ1) is 21.1. The number of aromatic nitrogens is 1. The van der Waals surface area contributed by atoms with Crippen LogP contribution in [-0.4, -0.2) is 50.2 Å². The molecule has 0 atom stereocenters. The summed E-state index contributed by atoms with van der Waals surface area (Å²) in [6.45, 7) is 3.40. The van der Waals surface area contributed by atoms with Crippen molar-refractivity contribution in [3.63, 3.8) is 0 Å². The van der Waals surface area contributed by atoms with Gasteiger partial charge in [-0.05, 0) is 43.7 Å². The number of esters is 2. The number of nitrogens with one attached hydrogen (secondary N) is 1. The SMILES string of the molecule is CCOC(=O)c1c(COc2cc3c(C(=O)OCC)c(Cc4ccccc4)oc3cc2OC)[nH]c2ccc(OS(=O)(=O)[O-])cc12.[Na+]. The number of hydrogen-bond acceptors (Lipinski definition) is 11. The number of carbonyl (C=O) groups excluding carboxylic acids is 2. The van der Waals surface area contributed by atoms with Crippen molar-refractivity contribution < 1.29 is 79.7 Å². The molecule has 0 unspecified atom stereocenters. The summed E-state index contributed by atoms with van der Waals surface area (Å²) in [5.41, 5.74) is 2.39. The molecule has 1 N–H and O–H groups in total. The summed E-state index contributed by atoms with van der Waals surface area (Å²) < 4.78 is 66.2. The van der Waals surface area contributed by atoms with E-state index in [0.717, 1.165) is 5.56 Å². The van der Waals surface area contributed by atoms with Crippen molar-refractivity contribution >= 4 is 44.2 Å². The maximum atomic E-state index is 13.1. The molecule has 0 saturated heterocycles. The molecule has 0 spiro atoms. The molecule has 3 aromatic carbocycles. The molecule has 0 aliphatic heterocycles. The Morgan fingerprint density at radius 1 is 0.889 bits per heavy atom. The summed E-state index contributed by atoms with van der Waals surface area (Å²) in [6, 6.07) is 16.7. The molecule has 0 aliphatic carbocycles. The van der Waals surface area contributed by atoms with Gasteiger partial charge in [0.05, 0.1) is 31.6 Å².